The Morgan fingerprint density at radius 1 is 1.04 bits per heavy atom. The van der Waals surface area contributed by atoms with Crippen LogP contribution in [0.2, 0.25) is 5.02 Å². The Bertz CT molecular complexity index is 890. The number of benzene rings is 2. The third-order valence-electron chi connectivity index (χ3n) is 4.52. The van der Waals surface area contributed by atoms with Gasteiger partial charge in [0.2, 0.25) is 0 Å². The lowest BCUT2D eigenvalue weighted by molar-refractivity contribution is 0.205. The Labute approximate surface area is 160 Å². The van der Waals surface area contributed by atoms with Gasteiger partial charge >= 0.3 is 0 Å². The summed E-state index contributed by atoms with van der Waals surface area (Å²) in [4.78, 5) is 9.71. The van der Waals surface area contributed by atoms with Crippen LogP contribution in [0.3, 0.4) is 0 Å². The van der Waals surface area contributed by atoms with E-state index in [1.165, 1.54) is 11.0 Å². The smallest absolute Gasteiger partial charge is 0.127 e. The Kier molecular flexibility index (Phi) is 4.40. The fourth-order valence-electron chi connectivity index (χ4n) is 3.17. The van der Waals surface area contributed by atoms with Gasteiger partial charge in [-0.05, 0) is 37.4 Å². The van der Waals surface area contributed by atoms with E-state index in [1.54, 1.807) is 0 Å². The molecule has 0 aromatic heterocycles. The topological polar surface area (TPSA) is 22.1 Å². The fourth-order valence-corrected chi connectivity index (χ4v) is 4.29. The first-order valence-corrected chi connectivity index (χ1v) is 9.35. The van der Waals surface area contributed by atoms with E-state index in [1.807, 2.05) is 24.3 Å². The van der Waals surface area contributed by atoms with Crippen LogP contribution in [0.4, 0.5) is 11.4 Å². The molecule has 4 nitrogen and oxygen atoms in total. The van der Waals surface area contributed by atoms with Gasteiger partial charge in [-0.1, -0.05) is 23.7 Å². The predicted molar refractivity (Wildman–Crippen MR) is 107 cm³/mol. The molecule has 0 amide bonds. The lowest BCUT2D eigenvalue weighted by Gasteiger charge is -2.38. The lowest BCUT2D eigenvalue weighted by atomic mass is 10.2. The summed E-state index contributed by atoms with van der Waals surface area (Å²) in [5.74, 6) is 1.20. The van der Waals surface area contributed by atoms with Crippen molar-refractivity contribution < 1.29 is 0 Å². The van der Waals surface area contributed by atoms with Gasteiger partial charge in [-0.15, -0.1) is 0 Å². The van der Waals surface area contributed by atoms with E-state index in [9.17, 15) is 0 Å². The second-order valence-corrected chi connectivity index (χ2v) is 7.56. The SMILES string of the molecule is CN1CCN(C2=c3ccccc3=Nc3ccc(Cl)cc3N2I)CC1. The maximum Gasteiger partial charge on any atom is 0.127 e. The van der Waals surface area contributed by atoms with E-state index in [-0.39, 0.29) is 0 Å². The standard InChI is InChI=1S/C18H18ClIN4/c1-22-8-10-23(11-9-22)18-14-4-2-3-5-15(14)21-16-7-6-13(19)12-17(16)24(18)20/h2-7,12H,8-11H2,1H3. The highest BCUT2D eigenvalue weighted by Crippen LogP contribution is 2.37. The molecule has 2 aromatic carbocycles. The van der Waals surface area contributed by atoms with E-state index < -0.39 is 0 Å². The monoisotopic (exact) mass is 452 g/mol. The minimum absolute atomic E-state index is 0.731. The molecular weight excluding hydrogens is 435 g/mol. The second kappa shape index (κ2) is 6.54. The largest absolute Gasteiger partial charge is 0.354 e. The fraction of sp³-hybridized carbons (Fsp3) is 0.278. The molecule has 0 radical (unpaired) electrons. The first kappa shape index (κ1) is 16.2. The van der Waals surface area contributed by atoms with Gasteiger partial charge in [-0.2, -0.15) is 0 Å². The summed E-state index contributed by atoms with van der Waals surface area (Å²) in [7, 11) is 2.18. The number of halogens is 2. The van der Waals surface area contributed by atoms with Gasteiger partial charge in [-0.25, -0.2) is 4.99 Å². The molecule has 0 bridgehead atoms. The quantitative estimate of drug-likeness (QED) is 0.491. The molecule has 0 saturated carbocycles. The van der Waals surface area contributed by atoms with Gasteiger partial charge in [0.1, 0.15) is 5.82 Å². The third-order valence-corrected chi connectivity index (χ3v) is 5.74. The molecule has 0 spiro atoms. The normalized spacial score (nSPS) is 17.9. The van der Waals surface area contributed by atoms with E-state index >= 15 is 0 Å². The maximum atomic E-state index is 6.26. The van der Waals surface area contributed by atoms with Crippen LogP contribution in [-0.2, 0) is 0 Å². The molecular formula is C18H18ClIN4. The number of anilines is 1. The highest BCUT2D eigenvalue weighted by Gasteiger charge is 2.25. The van der Waals surface area contributed by atoms with Crippen LogP contribution in [0.1, 0.15) is 0 Å². The first-order valence-electron chi connectivity index (χ1n) is 8.00. The number of hydrogen-bond donors (Lipinski definition) is 0. The highest BCUT2D eigenvalue weighted by molar-refractivity contribution is 14.1. The van der Waals surface area contributed by atoms with E-state index in [0.29, 0.717) is 0 Å². The summed E-state index contributed by atoms with van der Waals surface area (Å²) in [6, 6.07) is 14.3. The van der Waals surface area contributed by atoms with Crippen LogP contribution >= 0.6 is 34.5 Å². The Hall–Kier alpha value is -1.31. The van der Waals surface area contributed by atoms with Crippen LogP contribution < -0.4 is 13.7 Å². The number of hydrogen-bond acceptors (Lipinski definition) is 4. The summed E-state index contributed by atoms with van der Waals surface area (Å²) < 4.78 is 2.21. The number of likely N-dealkylation sites (N-methyl/N-ethyl adjacent to an activating group) is 1. The van der Waals surface area contributed by atoms with Crippen LogP contribution in [0.25, 0.3) is 5.82 Å². The molecule has 2 aromatic rings. The van der Waals surface area contributed by atoms with Gasteiger partial charge in [0.05, 0.1) is 39.6 Å². The molecule has 24 heavy (non-hydrogen) atoms. The van der Waals surface area contributed by atoms with Crippen LogP contribution in [0.15, 0.2) is 47.5 Å². The van der Waals surface area contributed by atoms with Crippen molar-refractivity contribution in [2.75, 3.05) is 36.3 Å². The summed E-state index contributed by atoms with van der Waals surface area (Å²) in [6.07, 6.45) is 0. The van der Waals surface area contributed by atoms with Gasteiger partial charge < -0.3 is 9.80 Å². The Morgan fingerprint density at radius 3 is 2.58 bits per heavy atom. The average molecular weight is 453 g/mol. The molecule has 0 unspecified atom stereocenters. The van der Waals surface area contributed by atoms with Crippen molar-refractivity contribution in [3.8, 4) is 0 Å². The predicted octanol–water partition coefficient (Wildman–Crippen LogP) is 2.77. The zero-order valence-electron chi connectivity index (χ0n) is 13.4. The van der Waals surface area contributed by atoms with E-state index in [2.05, 4.69) is 61.0 Å². The first-order chi connectivity index (χ1) is 11.6. The summed E-state index contributed by atoms with van der Waals surface area (Å²) in [5, 5.41) is 2.91. The molecule has 2 aliphatic rings. The zero-order chi connectivity index (χ0) is 16.7. The molecule has 124 valence electrons. The molecule has 1 saturated heterocycles. The van der Waals surface area contributed by atoms with Crippen molar-refractivity contribution in [1.29, 1.82) is 0 Å². The molecule has 6 heteroatoms. The van der Waals surface area contributed by atoms with E-state index in [0.717, 1.165) is 47.9 Å². The van der Waals surface area contributed by atoms with Gasteiger partial charge in [-0.3, -0.25) is 3.11 Å². The van der Waals surface area contributed by atoms with Gasteiger partial charge in [0.25, 0.3) is 0 Å². The molecule has 0 N–H and O–H groups in total. The molecule has 2 heterocycles. The average Bonchev–Trinajstić information content (AvgIpc) is 2.70. The van der Waals surface area contributed by atoms with Gasteiger partial charge in [0.15, 0.2) is 0 Å². The van der Waals surface area contributed by atoms with Crippen LogP contribution in [0.5, 0.6) is 0 Å². The minimum atomic E-state index is 0.731. The number of nitrogens with zero attached hydrogens (tertiary/aromatic N) is 4. The lowest BCUT2D eigenvalue weighted by Crippen LogP contribution is -2.48. The maximum absolute atomic E-state index is 6.26. The van der Waals surface area contributed by atoms with Crippen molar-refractivity contribution in [3.05, 3.63) is 58.1 Å². The molecule has 1 fully saturated rings. The third kappa shape index (κ3) is 2.89. The van der Waals surface area contributed by atoms with E-state index in [4.69, 9.17) is 16.6 Å². The molecule has 0 atom stereocenters. The Balaban J connectivity index is 1.94. The zero-order valence-corrected chi connectivity index (χ0v) is 16.3. The van der Waals surface area contributed by atoms with Crippen molar-refractivity contribution in [2.45, 2.75) is 0 Å². The summed E-state index contributed by atoms with van der Waals surface area (Å²) in [5.41, 5.74) is 1.98. The van der Waals surface area contributed by atoms with Crippen LogP contribution in [0, 0.1) is 0 Å². The Morgan fingerprint density at radius 2 is 1.79 bits per heavy atom. The summed E-state index contributed by atoms with van der Waals surface area (Å²) >= 11 is 8.64. The number of para-hydroxylation sites is 1. The minimum Gasteiger partial charge on any atom is -0.354 e. The highest BCUT2D eigenvalue weighted by atomic mass is 127. The van der Waals surface area contributed by atoms with Crippen molar-refractivity contribution >= 4 is 51.7 Å². The van der Waals surface area contributed by atoms with Crippen LogP contribution in [-0.4, -0.2) is 43.0 Å². The second-order valence-electron chi connectivity index (χ2n) is 6.16. The number of fused-ring (bicyclic) bond motifs is 2. The summed E-state index contributed by atoms with van der Waals surface area (Å²) in [6.45, 7) is 4.15. The number of rotatable bonds is 1. The molecule has 4 rings (SSSR count). The molecule has 2 aliphatic heterocycles. The van der Waals surface area contributed by atoms with Gasteiger partial charge in [0, 0.05) is 36.4 Å². The number of piperazine rings is 1. The van der Waals surface area contributed by atoms with Crippen molar-refractivity contribution in [3.63, 3.8) is 0 Å². The van der Waals surface area contributed by atoms with Crippen molar-refractivity contribution in [2.24, 2.45) is 4.99 Å². The molecule has 0 aliphatic carbocycles. The van der Waals surface area contributed by atoms with Crippen molar-refractivity contribution in [1.82, 2.24) is 9.80 Å².